The van der Waals surface area contributed by atoms with E-state index in [0.29, 0.717) is 26.1 Å². The number of hydrogen-bond donors (Lipinski definition) is 1. The summed E-state index contributed by atoms with van der Waals surface area (Å²) in [5, 5.41) is 3.06. The van der Waals surface area contributed by atoms with Crippen LogP contribution in [-0.4, -0.2) is 61.4 Å². The third kappa shape index (κ3) is 6.83. The number of methoxy groups -OCH3 is 1. The molecule has 2 amide bonds. The third-order valence-corrected chi connectivity index (χ3v) is 7.14. The van der Waals surface area contributed by atoms with Gasteiger partial charge in [-0.3, -0.25) is 9.59 Å². The molecule has 0 aromatic heterocycles. The highest BCUT2D eigenvalue weighted by atomic mass is 16.5. The highest BCUT2D eigenvalue weighted by Gasteiger charge is 2.34. The average Bonchev–Trinajstić information content (AvgIpc) is 3.24. The SMILES string of the molecule is COc1ccc(CN2CC(C(=O)NCCCN3CCC(Cc4ccccc4)CC3)CC2=O)cc1. The van der Waals surface area contributed by atoms with Crippen molar-refractivity contribution in [2.45, 2.75) is 38.6 Å². The number of nitrogens with one attached hydrogen (secondary N) is 1. The first kappa shape index (κ1) is 24.3. The van der Waals surface area contributed by atoms with E-state index in [4.69, 9.17) is 4.74 Å². The molecule has 6 heteroatoms. The van der Waals surface area contributed by atoms with Crippen LogP contribution in [0.2, 0.25) is 0 Å². The number of nitrogens with zero attached hydrogens (tertiary/aromatic N) is 2. The summed E-state index contributed by atoms with van der Waals surface area (Å²) in [5.41, 5.74) is 2.49. The summed E-state index contributed by atoms with van der Waals surface area (Å²) in [4.78, 5) is 29.3. The molecule has 0 radical (unpaired) electrons. The van der Waals surface area contributed by atoms with Gasteiger partial charge >= 0.3 is 0 Å². The van der Waals surface area contributed by atoms with E-state index in [0.717, 1.165) is 43.3 Å². The Morgan fingerprint density at radius 2 is 1.76 bits per heavy atom. The first-order valence-corrected chi connectivity index (χ1v) is 12.6. The second-order valence-corrected chi connectivity index (χ2v) is 9.64. The minimum Gasteiger partial charge on any atom is -0.497 e. The fraction of sp³-hybridized carbons (Fsp3) is 0.500. The van der Waals surface area contributed by atoms with Crippen LogP contribution in [-0.2, 0) is 22.6 Å². The molecule has 2 aliphatic heterocycles. The Hall–Kier alpha value is -2.86. The molecule has 0 bridgehead atoms. The van der Waals surface area contributed by atoms with Crippen LogP contribution in [0.5, 0.6) is 5.75 Å². The summed E-state index contributed by atoms with van der Waals surface area (Å²) in [6, 6.07) is 18.5. The van der Waals surface area contributed by atoms with Gasteiger partial charge in [-0.1, -0.05) is 42.5 Å². The monoisotopic (exact) mass is 463 g/mol. The molecule has 4 rings (SSSR count). The molecule has 2 aliphatic rings. The zero-order valence-corrected chi connectivity index (χ0v) is 20.2. The van der Waals surface area contributed by atoms with Gasteiger partial charge in [-0.15, -0.1) is 0 Å². The van der Waals surface area contributed by atoms with E-state index in [1.54, 1.807) is 12.0 Å². The van der Waals surface area contributed by atoms with Crippen molar-refractivity contribution in [2.75, 3.05) is 39.8 Å². The van der Waals surface area contributed by atoms with E-state index in [9.17, 15) is 9.59 Å². The van der Waals surface area contributed by atoms with Gasteiger partial charge in [0.15, 0.2) is 0 Å². The Bertz CT molecular complexity index is 924. The maximum atomic E-state index is 12.6. The molecule has 6 nitrogen and oxygen atoms in total. The number of piperidine rings is 1. The van der Waals surface area contributed by atoms with Crippen molar-refractivity contribution < 1.29 is 14.3 Å². The second kappa shape index (κ2) is 12.0. The number of ether oxygens (including phenoxy) is 1. The predicted molar refractivity (Wildman–Crippen MR) is 133 cm³/mol. The Balaban J connectivity index is 1.11. The fourth-order valence-corrected chi connectivity index (χ4v) is 5.07. The maximum absolute atomic E-state index is 12.6. The topological polar surface area (TPSA) is 61.9 Å². The van der Waals surface area contributed by atoms with E-state index in [2.05, 4.69) is 40.5 Å². The number of carbonyl (C=O) groups excluding carboxylic acids is 2. The summed E-state index contributed by atoms with van der Waals surface area (Å²) >= 11 is 0. The zero-order chi connectivity index (χ0) is 23.8. The lowest BCUT2D eigenvalue weighted by Crippen LogP contribution is -2.37. The molecule has 2 aromatic carbocycles. The minimum absolute atomic E-state index is 0.00662. The predicted octanol–water partition coefficient (Wildman–Crippen LogP) is 3.50. The van der Waals surface area contributed by atoms with Gasteiger partial charge in [0.05, 0.1) is 13.0 Å². The third-order valence-electron chi connectivity index (χ3n) is 7.14. The van der Waals surface area contributed by atoms with E-state index in [1.165, 1.54) is 24.8 Å². The lowest BCUT2D eigenvalue weighted by Gasteiger charge is -2.32. The van der Waals surface area contributed by atoms with Crippen molar-refractivity contribution in [2.24, 2.45) is 11.8 Å². The smallest absolute Gasteiger partial charge is 0.225 e. The van der Waals surface area contributed by atoms with Crippen LogP contribution < -0.4 is 10.1 Å². The van der Waals surface area contributed by atoms with Crippen LogP contribution in [0.25, 0.3) is 0 Å². The Morgan fingerprint density at radius 3 is 2.47 bits per heavy atom. The molecule has 0 spiro atoms. The fourth-order valence-electron chi connectivity index (χ4n) is 5.07. The van der Waals surface area contributed by atoms with E-state index in [-0.39, 0.29) is 17.7 Å². The molecular formula is C28H37N3O3. The number of amides is 2. The molecule has 2 fully saturated rings. The van der Waals surface area contributed by atoms with Gasteiger partial charge in [0, 0.05) is 26.1 Å². The molecular weight excluding hydrogens is 426 g/mol. The van der Waals surface area contributed by atoms with Crippen LogP contribution in [0, 0.1) is 11.8 Å². The lowest BCUT2D eigenvalue weighted by molar-refractivity contribution is -0.129. The Morgan fingerprint density at radius 1 is 1.03 bits per heavy atom. The van der Waals surface area contributed by atoms with E-state index in [1.807, 2.05) is 24.3 Å². The van der Waals surface area contributed by atoms with Gasteiger partial charge < -0.3 is 19.9 Å². The highest BCUT2D eigenvalue weighted by molar-refractivity contribution is 5.89. The molecule has 34 heavy (non-hydrogen) atoms. The van der Waals surface area contributed by atoms with Crippen LogP contribution in [0.4, 0.5) is 0 Å². The molecule has 2 aromatic rings. The number of carbonyl (C=O) groups is 2. The number of benzene rings is 2. The van der Waals surface area contributed by atoms with Crippen molar-refractivity contribution in [3.63, 3.8) is 0 Å². The van der Waals surface area contributed by atoms with Gasteiger partial charge in [0.25, 0.3) is 0 Å². The van der Waals surface area contributed by atoms with Gasteiger partial charge in [-0.05, 0) is 74.5 Å². The summed E-state index contributed by atoms with van der Waals surface area (Å²) in [5.74, 6) is 1.38. The van der Waals surface area contributed by atoms with Crippen molar-refractivity contribution in [1.82, 2.24) is 15.1 Å². The number of hydrogen-bond acceptors (Lipinski definition) is 4. The number of likely N-dealkylation sites (tertiary alicyclic amines) is 2. The zero-order valence-electron chi connectivity index (χ0n) is 20.2. The van der Waals surface area contributed by atoms with Crippen LogP contribution in [0.15, 0.2) is 54.6 Å². The first-order chi connectivity index (χ1) is 16.6. The van der Waals surface area contributed by atoms with E-state index < -0.39 is 0 Å². The minimum atomic E-state index is -0.250. The van der Waals surface area contributed by atoms with Crippen LogP contribution >= 0.6 is 0 Å². The van der Waals surface area contributed by atoms with Gasteiger partial charge in [-0.2, -0.15) is 0 Å². The van der Waals surface area contributed by atoms with E-state index >= 15 is 0 Å². The molecule has 2 saturated heterocycles. The molecule has 2 heterocycles. The first-order valence-electron chi connectivity index (χ1n) is 12.6. The summed E-state index contributed by atoms with van der Waals surface area (Å²) in [6.07, 6.45) is 4.92. The van der Waals surface area contributed by atoms with Crippen molar-refractivity contribution in [3.05, 3.63) is 65.7 Å². The number of rotatable bonds is 10. The molecule has 1 N–H and O–H groups in total. The largest absolute Gasteiger partial charge is 0.497 e. The van der Waals surface area contributed by atoms with Crippen molar-refractivity contribution in [3.8, 4) is 5.75 Å². The summed E-state index contributed by atoms with van der Waals surface area (Å²) in [6.45, 7) is 5.00. The lowest BCUT2D eigenvalue weighted by atomic mass is 9.90. The Kier molecular flexibility index (Phi) is 8.58. The average molecular weight is 464 g/mol. The quantitative estimate of drug-likeness (QED) is 0.548. The Labute approximate surface area is 203 Å². The molecule has 1 unspecified atom stereocenters. The van der Waals surface area contributed by atoms with Crippen molar-refractivity contribution >= 4 is 11.8 Å². The van der Waals surface area contributed by atoms with Crippen LogP contribution in [0.3, 0.4) is 0 Å². The summed E-state index contributed by atoms with van der Waals surface area (Å²) < 4.78 is 5.18. The van der Waals surface area contributed by atoms with Crippen molar-refractivity contribution in [1.29, 1.82) is 0 Å². The second-order valence-electron chi connectivity index (χ2n) is 9.64. The normalized spacial score (nSPS) is 19.4. The van der Waals surface area contributed by atoms with Crippen LogP contribution in [0.1, 0.15) is 36.8 Å². The molecule has 182 valence electrons. The van der Waals surface area contributed by atoms with Gasteiger partial charge in [-0.25, -0.2) is 0 Å². The van der Waals surface area contributed by atoms with Gasteiger partial charge in [0.2, 0.25) is 11.8 Å². The molecule has 0 aliphatic carbocycles. The summed E-state index contributed by atoms with van der Waals surface area (Å²) in [7, 11) is 1.64. The maximum Gasteiger partial charge on any atom is 0.225 e. The molecule has 0 saturated carbocycles. The molecule has 1 atom stereocenters. The van der Waals surface area contributed by atoms with Gasteiger partial charge in [0.1, 0.15) is 5.75 Å². The highest BCUT2D eigenvalue weighted by Crippen LogP contribution is 2.23. The standard InChI is InChI=1S/C28H37N3O3/c1-34-26-10-8-24(9-11-26)20-31-21-25(19-27(31)32)28(33)29-14-5-15-30-16-12-23(13-17-30)18-22-6-3-2-4-7-22/h2-4,6-11,23,25H,5,12-21H2,1H3,(H,29,33).